The van der Waals surface area contributed by atoms with Crippen LogP contribution in [0.3, 0.4) is 0 Å². The van der Waals surface area contributed by atoms with Gasteiger partial charge < -0.3 is 10.6 Å². The summed E-state index contributed by atoms with van der Waals surface area (Å²) in [7, 11) is 0. The summed E-state index contributed by atoms with van der Waals surface area (Å²) >= 11 is 1.31. The SMILES string of the molecule is Cc1ccccc1N(C(=O)CNC(=O)c1cccs1)[C@H](C(=O)NC1CCCC1)c1ccccc1. The number of para-hydroxylation sites is 1. The van der Waals surface area contributed by atoms with Crippen LogP contribution in [0.2, 0.25) is 0 Å². The minimum Gasteiger partial charge on any atom is -0.351 e. The van der Waals surface area contributed by atoms with Crippen molar-refractivity contribution in [3.05, 3.63) is 88.1 Å². The van der Waals surface area contributed by atoms with Crippen molar-refractivity contribution in [2.45, 2.75) is 44.7 Å². The van der Waals surface area contributed by atoms with Crippen LogP contribution in [-0.2, 0) is 9.59 Å². The number of nitrogens with one attached hydrogen (secondary N) is 2. The van der Waals surface area contributed by atoms with Gasteiger partial charge in [0.25, 0.3) is 5.91 Å². The molecule has 2 aromatic carbocycles. The van der Waals surface area contributed by atoms with Crippen LogP contribution < -0.4 is 15.5 Å². The minimum atomic E-state index is -0.853. The zero-order valence-electron chi connectivity index (χ0n) is 19.2. The molecule has 1 fully saturated rings. The Morgan fingerprint density at radius 1 is 0.971 bits per heavy atom. The molecule has 0 bridgehead atoms. The number of hydrogen-bond donors (Lipinski definition) is 2. The Hall–Kier alpha value is -3.45. The van der Waals surface area contributed by atoms with E-state index < -0.39 is 6.04 Å². The van der Waals surface area contributed by atoms with Crippen LogP contribution >= 0.6 is 11.3 Å². The Bertz CT molecular complexity index is 1130. The van der Waals surface area contributed by atoms with Gasteiger partial charge in [-0.2, -0.15) is 0 Å². The van der Waals surface area contributed by atoms with Gasteiger partial charge in [-0.15, -0.1) is 11.3 Å². The lowest BCUT2D eigenvalue weighted by molar-refractivity contribution is -0.126. The van der Waals surface area contributed by atoms with Crippen molar-refractivity contribution in [1.82, 2.24) is 10.6 Å². The van der Waals surface area contributed by atoms with Crippen molar-refractivity contribution >= 4 is 34.7 Å². The monoisotopic (exact) mass is 475 g/mol. The molecule has 3 aromatic rings. The third kappa shape index (κ3) is 5.54. The second kappa shape index (κ2) is 11.1. The van der Waals surface area contributed by atoms with E-state index in [1.165, 1.54) is 16.2 Å². The summed E-state index contributed by atoms with van der Waals surface area (Å²) < 4.78 is 0. The molecule has 1 aromatic heterocycles. The van der Waals surface area contributed by atoms with Gasteiger partial charge in [-0.25, -0.2) is 0 Å². The molecule has 0 unspecified atom stereocenters. The standard InChI is InChI=1S/C27H29N3O3S/c1-19-10-5-8-15-22(19)30(24(31)18-28-26(32)23-16-9-17-34-23)25(20-11-3-2-4-12-20)27(33)29-21-13-6-7-14-21/h2-5,8-12,15-17,21,25H,6-7,13-14,18H2,1H3,(H,28,32)(H,29,33)/t25-/m0/s1. The van der Waals surface area contributed by atoms with Gasteiger partial charge in [0.15, 0.2) is 0 Å². The maximum absolute atomic E-state index is 13.7. The Kier molecular flexibility index (Phi) is 7.75. The van der Waals surface area contributed by atoms with E-state index in [4.69, 9.17) is 0 Å². The van der Waals surface area contributed by atoms with Gasteiger partial charge in [0.1, 0.15) is 6.04 Å². The lowest BCUT2D eigenvalue weighted by atomic mass is 10.0. The van der Waals surface area contributed by atoms with Gasteiger partial charge in [0.2, 0.25) is 11.8 Å². The van der Waals surface area contributed by atoms with E-state index in [2.05, 4.69) is 10.6 Å². The third-order valence-corrected chi connectivity index (χ3v) is 6.98. The Labute approximate surface area is 204 Å². The molecule has 7 heteroatoms. The van der Waals surface area contributed by atoms with Gasteiger partial charge in [-0.05, 0) is 48.4 Å². The molecule has 176 valence electrons. The van der Waals surface area contributed by atoms with Crippen molar-refractivity contribution in [1.29, 1.82) is 0 Å². The van der Waals surface area contributed by atoms with E-state index in [-0.39, 0.29) is 30.3 Å². The van der Waals surface area contributed by atoms with Gasteiger partial charge in [-0.3, -0.25) is 19.3 Å². The van der Waals surface area contributed by atoms with E-state index >= 15 is 0 Å². The van der Waals surface area contributed by atoms with Crippen LogP contribution in [0, 0.1) is 6.92 Å². The zero-order valence-corrected chi connectivity index (χ0v) is 20.0. The van der Waals surface area contributed by atoms with E-state index in [1.54, 1.807) is 12.1 Å². The fourth-order valence-corrected chi connectivity index (χ4v) is 5.03. The highest BCUT2D eigenvalue weighted by Gasteiger charge is 2.34. The molecule has 2 N–H and O–H groups in total. The number of thiophene rings is 1. The highest BCUT2D eigenvalue weighted by molar-refractivity contribution is 7.12. The van der Waals surface area contributed by atoms with Gasteiger partial charge in [0.05, 0.1) is 11.4 Å². The minimum absolute atomic E-state index is 0.117. The van der Waals surface area contributed by atoms with Gasteiger partial charge in [0, 0.05) is 11.7 Å². The second-order valence-corrected chi connectivity index (χ2v) is 9.46. The van der Waals surface area contributed by atoms with Crippen LogP contribution in [0.15, 0.2) is 72.1 Å². The number of nitrogens with zero attached hydrogens (tertiary/aromatic N) is 1. The molecule has 1 aliphatic carbocycles. The number of rotatable bonds is 8. The highest BCUT2D eigenvalue weighted by Crippen LogP contribution is 2.31. The van der Waals surface area contributed by atoms with Crippen LogP contribution in [0.1, 0.15) is 52.5 Å². The molecular weight excluding hydrogens is 446 g/mol. The summed E-state index contributed by atoms with van der Waals surface area (Å²) in [6, 6.07) is 19.6. The molecular formula is C27H29N3O3S. The van der Waals surface area contributed by atoms with E-state index in [9.17, 15) is 14.4 Å². The number of carbonyl (C=O) groups excluding carboxylic acids is 3. The van der Waals surface area contributed by atoms with Crippen molar-refractivity contribution in [2.24, 2.45) is 0 Å². The summed E-state index contributed by atoms with van der Waals surface area (Å²) in [6.07, 6.45) is 4.08. The number of hydrogen-bond acceptors (Lipinski definition) is 4. The lowest BCUT2D eigenvalue weighted by Gasteiger charge is -2.33. The fourth-order valence-electron chi connectivity index (χ4n) is 4.39. The summed E-state index contributed by atoms with van der Waals surface area (Å²) in [5.74, 6) is -0.867. The molecule has 1 saturated carbocycles. The molecule has 3 amide bonds. The Balaban J connectivity index is 1.67. The third-order valence-electron chi connectivity index (χ3n) is 6.11. The average Bonchev–Trinajstić information content (AvgIpc) is 3.56. The molecule has 0 radical (unpaired) electrons. The van der Waals surface area contributed by atoms with Gasteiger partial charge in [-0.1, -0.05) is 67.4 Å². The lowest BCUT2D eigenvalue weighted by Crippen LogP contribution is -2.49. The zero-order chi connectivity index (χ0) is 23.9. The first-order valence-electron chi connectivity index (χ1n) is 11.6. The van der Waals surface area contributed by atoms with Gasteiger partial charge >= 0.3 is 0 Å². The van der Waals surface area contributed by atoms with E-state index in [0.717, 1.165) is 36.8 Å². The first-order chi connectivity index (χ1) is 16.5. The number of benzene rings is 2. The van der Waals surface area contributed by atoms with E-state index in [0.29, 0.717) is 10.6 Å². The molecule has 34 heavy (non-hydrogen) atoms. The van der Waals surface area contributed by atoms with Crippen LogP contribution in [-0.4, -0.2) is 30.3 Å². The van der Waals surface area contributed by atoms with Crippen molar-refractivity contribution < 1.29 is 14.4 Å². The highest BCUT2D eigenvalue weighted by atomic mass is 32.1. The smallest absolute Gasteiger partial charge is 0.261 e. The molecule has 1 atom stereocenters. The van der Waals surface area contributed by atoms with Crippen molar-refractivity contribution in [3.8, 4) is 0 Å². The largest absolute Gasteiger partial charge is 0.351 e. The fraction of sp³-hybridized carbons (Fsp3) is 0.296. The second-order valence-electron chi connectivity index (χ2n) is 8.51. The summed E-state index contributed by atoms with van der Waals surface area (Å²) in [5.41, 5.74) is 2.24. The van der Waals surface area contributed by atoms with Crippen LogP contribution in [0.4, 0.5) is 5.69 Å². The molecule has 0 spiro atoms. The number of carbonyl (C=O) groups is 3. The molecule has 4 rings (SSSR count). The maximum Gasteiger partial charge on any atom is 0.261 e. The predicted molar refractivity (Wildman–Crippen MR) is 135 cm³/mol. The Morgan fingerprint density at radius 2 is 1.68 bits per heavy atom. The summed E-state index contributed by atoms with van der Waals surface area (Å²) in [4.78, 5) is 41.9. The quantitative estimate of drug-likeness (QED) is 0.499. The topological polar surface area (TPSA) is 78.5 Å². The van der Waals surface area contributed by atoms with Crippen LogP contribution in [0.25, 0.3) is 0 Å². The predicted octanol–water partition coefficient (Wildman–Crippen LogP) is 4.62. The van der Waals surface area contributed by atoms with Crippen LogP contribution in [0.5, 0.6) is 0 Å². The van der Waals surface area contributed by atoms with Crippen molar-refractivity contribution in [3.63, 3.8) is 0 Å². The average molecular weight is 476 g/mol. The molecule has 6 nitrogen and oxygen atoms in total. The normalized spacial score (nSPS) is 14.4. The molecule has 1 aliphatic rings. The maximum atomic E-state index is 13.7. The number of amides is 3. The summed E-state index contributed by atoms with van der Waals surface area (Å²) in [5, 5.41) is 7.71. The molecule has 0 aliphatic heterocycles. The summed E-state index contributed by atoms with van der Waals surface area (Å²) in [6.45, 7) is 1.70. The first-order valence-corrected chi connectivity index (χ1v) is 12.5. The first kappa shape index (κ1) is 23.7. The van der Waals surface area contributed by atoms with E-state index in [1.807, 2.05) is 66.9 Å². The Morgan fingerprint density at radius 3 is 2.35 bits per heavy atom. The molecule has 1 heterocycles. The van der Waals surface area contributed by atoms with Crippen molar-refractivity contribution in [2.75, 3.05) is 11.4 Å². The number of anilines is 1. The number of aryl methyl sites for hydroxylation is 1. The molecule has 0 saturated heterocycles.